The van der Waals surface area contributed by atoms with Crippen LogP contribution < -0.4 is 10.6 Å². The van der Waals surface area contributed by atoms with Crippen molar-refractivity contribution in [3.05, 3.63) is 29.8 Å². The molecule has 1 aliphatic rings. The van der Waals surface area contributed by atoms with Crippen LogP contribution in [0.2, 0.25) is 0 Å². The molecule has 1 aromatic rings. The monoisotopic (exact) mass is 290 g/mol. The van der Waals surface area contributed by atoms with E-state index in [1.165, 1.54) is 0 Å². The molecule has 1 unspecified atom stereocenters. The first-order valence-electron chi connectivity index (χ1n) is 7.42. The lowest BCUT2D eigenvalue weighted by Crippen LogP contribution is -2.55. The highest BCUT2D eigenvalue weighted by Crippen LogP contribution is 2.32. The van der Waals surface area contributed by atoms with Crippen LogP contribution in [0.25, 0.3) is 0 Å². The molecule has 0 saturated heterocycles. The summed E-state index contributed by atoms with van der Waals surface area (Å²) in [6, 6.07) is 7.69. The quantitative estimate of drug-likeness (QED) is 0.778. The van der Waals surface area contributed by atoms with E-state index in [-0.39, 0.29) is 11.8 Å². The number of benzene rings is 1. The third kappa shape index (κ3) is 2.86. The average molecular weight is 290 g/mol. The highest BCUT2D eigenvalue weighted by Gasteiger charge is 2.39. The minimum Gasteiger partial charge on any atom is -0.480 e. The molecule has 0 aliphatic carbocycles. The van der Waals surface area contributed by atoms with E-state index in [0.29, 0.717) is 25.8 Å². The van der Waals surface area contributed by atoms with Gasteiger partial charge in [-0.1, -0.05) is 32.0 Å². The van der Waals surface area contributed by atoms with Crippen LogP contribution in [0.5, 0.6) is 0 Å². The van der Waals surface area contributed by atoms with Crippen LogP contribution in [0.1, 0.15) is 44.6 Å². The van der Waals surface area contributed by atoms with Crippen LogP contribution in [0, 0.1) is 0 Å². The maximum Gasteiger partial charge on any atom is 0.329 e. The Morgan fingerprint density at radius 1 is 1.33 bits per heavy atom. The van der Waals surface area contributed by atoms with E-state index in [2.05, 4.69) is 10.6 Å². The number of nitrogens with one attached hydrogen (secondary N) is 2. The Labute approximate surface area is 124 Å². The van der Waals surface area contributed by atoms with Gasteiger partial charge < -0.3 is 15.7 Å². The number of anilines is 1. The molecule has 0 bridgehead atoms. The normalized spacial score (nSPS) is 17.5. The zero-order valence-corrected chi connectivity index (χ0v) is 12.5. The Kier molecular flexibility index (Phi) is 4.50. The van der Waals surface area contributed by atoms with Gasteiger partial charge in [0, 0.05) is 12.2 Å². The number of para-hydroxylation sites is 1. The molecule has 21 heavy (non-hydrogen) atoms. The fourth-order valence-electron chi connectivity index (χ4n) is 2.85. The van der Waals surface area contributed by atoms with Crippen molar-refractivity contribution in [3.8, 4) is 0 Å². The second-order valence-corrected chi connectivity index (χ2v) is 5.44. The van der Waals surface area contributed by atoms with Gasteiger partial charge in [-0.3, -0.25) is 4.79 Å². The molecular weight excluding hydrogens is 268 g/mol. The Morgan fingerprint density at radius 2 is 2.00 bits per heavy atom. The minimum atomic E-state index is -1.17. The topological polar surface area (TPSA) is 78.4 Å². The minimum absolute atomic E-state index is 0.199. The number of carbonyl (C=O) groups excluding carboxylic acids is 1. The van der Waals surface area contributed by atoms with E-state index in [9.17, 15) is 14.7 Å². The third-order valence-electron chi connectivity index (χ3n) is 4.38. The molecule has 0 fully saturated rings. The van der Waals surface area contributed by atoms with Crippen LogP contribution >= 0.6 is 0 Å². The van der Waals surface area contributed by atoms with Gasteiger partial charge in [-0.2, -0.15) is 0 Å². The summed E-state index contributed by atoms with van der Waals surface area (Å²) in [7, 11) is 0. The first-order valence-corrected chi connectivity index (χ1v) is 7.42. The Hall–Kier alpha value is -2.04. The molecule has 1 aliphatic heterocycles. The molecule has 1 amide bonds. The fourth-order valence-corrected chi connectivity index (χ4v) is 2.85. The van der Waals surface area contributed by atoms with Gasteiger partial charge >= 0.3 is 5.97 Å². The molecule has 5 nitrogen and oxygen atoms in total. The second-order valence-electron chi connectivity index (χ2n) is 5.44. The van der Waals surface area contributed by atoms with Crippen molar-refractivity contribution in [3.63, 3.8) is 0 Å². The van der Waals surface area contributed by atoms with Crippen molar-refractivity contribution in [2.75, 3.05) is 11.9 Å². The van der Waals surface area contributed by atoms with Crippen molar-refractivity contribution in [2.24, 2.45) is 0 Å². The Morgan fingerprint density at radius 3 is 2.62 bits per heavy atom. The van der Waals surface area contributed by atoms with Gasteiger partial charge in [0.05, 0.1) is 5.92 Å². The number of hydrogen-bond acceptors (Lipinski definition) is 3. The van der Waals surface area contributed by atoms with Gasteiger partial charge in [-0.25, -0.2) is 4.79 Å². The molecule has 0 spiro atoms. The lowest BCUT2D eigenvalue weighted by Gasteiger charge is -2.32. The highest BCUT2D eigenvalue weighted by atomic mass is 16.4. The number of fused-ring (bicyclic) bond motifs is 1. The molecule has 5 heteroatoms. The van der Waals surface area contributed by atoms with Crippen molar-refractivity contribution in [1.82, 2.24) is 5.32 Å². The largest absolute Gasteiger partial charge is 0.480 e. The summed E-state index contributed by atoms with van der Waals surface area (Å²) in [6.45, 7) is 4.29. The maximum absolute atomic E-state index is 12.6. The summed E-state index contributed by atoms with van der Waals surface area (Å²) in [4.78, 5) is 24.1. The van der Waals surface area contributed by atoms with Crippen LogP contribution in [0.15, 0.2) is 24.3 Å². The van der Waals surface area contributed by atoms with Gasteiger partial charge in [0.2, 0.25) is 5.91 Å². The van der Waals surface area contributed by atoms with Gasteiger partial charge in [-0.05, 0) is 30.9 Å². The average Bonchev–Trinajstić information content (AvgIpc) is 2.51. The van der Waals surface area contributed by atoms with Crippen molar-refractivity contribution < 1.29 is 14.7 Å². The molecule has 1 heterocycles. The molecule has 0 aromatic heterocycles. The van der Waals surface area contributed by atoms with E-state index < -0.39 is 11.5 Å². The van der Waals surface area contributed by atoms with Crippen LogP contribution in [-0.4, -0.2) is 29.1 Å². The molecular formula is C16H22N2O3. The Balaban J connectivity index is 2.24. The zero-order chi connectivity index (χ0) is 15.5. The second kappa shape index (κ2) is 6.16. The van der Waals surface area contributed by atoms with Crippen molar-refractivity contribution >= 4 is 17.6 Å². The van der Waals surface area contributed by atoms with Gasteiger partial charge in [-0.15, -0.1) is 0 Å². The number of amides is 1. The number of aliphatic carboxylic acids is 1. The molecule has 0 saturated carbocycles. The van der Waals surface area contributed by atoms with Crippen LogP contribution in [0.4, 0.5) is 5.69 Å². The Bertz CT molecular complexity index is 538. The standard InChI is InChI=1S/C16H22N2O3/c1-3-16(4-2,15(20)21)18-14(19)12-9-10-17-13-8-6-5-7-11(12)13/h5-8,12,17H,3-4,9-10H2,1-2H3,(H,18,19)(H,20,21). The van der Waals surface area contributed by atoms with Gasteiger partial charge in [0.15, 0.2) is 0 Å². The summed E-state index contributed by atoms with van der Waals surface area (Å²) in [6.07, 6.45) is 1.42. The van der Waals surface area contributed by atoms with Gasteiger partial charge in [0.25, 0.3) is 0 Å². The van der Waals surface area contributed by atoms with E-state index in [1.807, 2.05) is 24.3 Å². The number of carboxylic acid groups (broad SMARTS) is 1. The SMILES string of the molecule is CCC(CC)(NC(=O)C1CCNc2ccccc21)C(=O)O. The lowest BCUT2D eigenvalue weighted by molar-refractivity contribution is -0.148. The summed E-state index contributed by atoms with van der Waals surface area (Å²) < 4.78 is 0. The lowest BCUT2D eigenvalue weighted by atomic mass is 9.87. The molecule has 0 radical (unpaired) electrons. The van der Waals surface area contributed by atoms with E-state index >= 15 is 0 Å². The number of rotatable bonds is 5. The van der Waals surface area contributed by atoms with E-state index in [0.717, 1.165) is 11.3 Å². The number of carbonyl (C=O) groups is 2. The van der Waals surface area contributed by atoms with Crippen molar-refractivity contribution in [2.45, 2.75) is 44.6 Å². The summed E-state index contributed by atoms with van der Waals surface area (Å²) in [5.41, 5.74) is 0.724. The summed E-state index contributed by atoms with van der Waals surface area (Å²) in [5, 5.41) is 15.5. The highest BCUT2D eigenvalue weighted by molar-refractivity contribution is 5.91. The first kappa shape index (κ1) is 15.4. The molecule has 3 N–H and O–H groups in total. The molecule has 1 aromatic carbocycles. The van der Waals surface area contributed by atoms with Gasteiger partial charge in [0.1, 0.15) is 5.54 Å². The van der Waals surface area contributed by atoms with Crippen molar-refractivity contribution in [1.29, 1.82) is 0 Å². The molecule has 1 atom stereocenters. The number of hydrogen-bond donors (Lipinski definition) is 3. The third-order valence-corrected chi connectivity index (χ3v) is 4.38. The summed E-state index contributed by atoms with van der Waals surface area (Å²) in [5.74, 6) is -1.46. The summed E-state index contributed by atoms with van der Waals surface area (Å²) >= 11 is 0. The fraction of sp³-hybridized carbons (Fsp3) is 0.500. The van der Waals surface area contributed by atoms with E-state index in [1.54, 1.807) is 13.8 Å². The smallest absolute Gasteiger partial charge is 0.329 e. The maximum atomic E-state index is 12.6. The predicted octanol–water partition coefficient (Wildman–Crippen LogP) is 2.35. The number of carboxylic acids is 1. The first-order chi connectivity index (χ1) is 10.0. The van der Waals surface area contributed by atoms with Crippen LogP contribution in [-0.2, 0) is 9.59 Å². The molecule has 114 valence electrons. The van der Waals surface area contributed by atoms with Crippen LogP contribution in [0.3, 0.4) is 0 Å². The predicted molar refractivity (Wildman–Crippen MR) is 81.4 cm³/mol. The molecule has 2 rings (SSSR count). The zero-order valence-electron chi connectivity index (χ0n) is 12.5. The van der Waals surface area contributed by atoms with E-state index in [4.69, 9.17) is 0 Å².